The van der Waals surface area contributed by atoms with Crippen molar-refractivity contribution >= 4 is 11.6 Å². The molecule has 0 amide bonds. The summed E-state index contributed by atoms with van der Waals surface area (Å²) in [6.07, 6.45) is 8.42. The lowest BCUT2D eigenvalue weighted by molar-refractivity contribution is 0.473. The van der Waals surface area contributed by atoms with Gasteiger partial charge < -0.3 is 5.32 Å². The van der Waals surface area contributed by atoms with Crippen LogP contribution in [0, 0.1) is 18.2 Å². The predicted octanol–water partition coefficient (Wildman–Crippen LogP) is 3.80. The summed E-state index contributed by atoms with van der Waals surface area (Å²) >= 11 is 6.03. The Bertz CT molecular complexity index is 391. The summed E-state index contributed by atoms with van der Waals surface area (Å²) in [5.74, 6) is 2.38. The van der Waals surface area contributed by atoms with Crippen LogP contribution in [0.4, 0.5) is 4.39 Å². The van der Waals surface area contributed by atoms with E-state index in [1.807, 2.05) is 0 Å². The van der Waals surface area contributed by atoms with Crippen molar-refractivity contribution in [3.63, 3.8) is 0 Å². The molecule has 1 nitrogen and oxygen atoms in total. The Morgan fingerprint density at radius 3 is 2.89 bits per heavy atom. The zero-order valence-corrected chi connectivity index (χ0v) is 11.4. The highest BCUT2D eigenvalue weighted by Gasteiger charge is 2.13. The van der Waals surface area contributed by atoms with Crippen LogP contribution in [-0.2, 0) is 6.42 Å². The molecule has 1 rings (SSSR count). The first-order valence-electron chi connectivity index (χ1n) is 6.28. The molecule has 0 bridgehead atoms. The van der Waals surface area contributed by atoms with Crippen molar-refractivity contribution in [2.24, 2.45) is 0 Å². The average molecular weight is 268 g/mol. The number of halogens is 2. The maximum atomic E-state index is 13.7. The van der Waals surface area contributed by atoms with E-state index in [9.17, 15) is 4.39 Å². The zero-order valence-electron chi connectivity index (χ0n) is 10.7. The lowest BCUT2D eigenvalue weighted by Gasteiger charge is -2.18. The molecule has 1 atom stereocenters. The minimum absolute atomic E-state index is 0.176. The van der Waals surface area contributed by atoms with Gasteiger partial charge in [-0.3, -0.25) is 0 Å². The lowest BCUT2D eigenvalue weighted by Crippen LogP contribution is -2.32. The highest BCUT2D eigenvalue weighted by molar-refractivity contribution is 6.31. The fourth-order valence-electron chi connectivity index (χ4n) is 1.86. The van der Waals surface area contributed by atoms with Gasteiger partial charge in [0.15, 0.2) is 0 Å². The van der Waals surface area contributed by atoms with Gasteiger partial charge in [0.1, 0.15) is 5.82 Å². The second-order valence-electron chi connectivity index (χ2n) is 4.30. The summed E-state index contributed by atoms with van der Waals surface area (Å²) in [5, 5.41) is 3.87. The summed E-state index contributed by atoms with van der Waals surface area (Å²) in [7, 11) is 0. The van der Waals surface area contributed by atoms with Gasteiger partial charge in [-0.05, 0) is 37.9 Å². The molecule has 98 valence electrons. The molecule has 0 radical (unpaired) electrons. The fourth-order valence-corrected chi connectivity index (χ4v) is 2.10. The smallest absolute Gasteiger partial charge is 0.127 e. The van der Waals surface area contributed by atoms with Gasteiger partial charge in [-0.25, -0.2) is 4.39 Å². The van der Waals surface area contributed by atoms with E-state index in [1.165, 1.54) is 6.07 Å². The second kappa shape index (κ2) is 8.13. The molecule has 0 aromatic heterocycles. The highest BCUT2D eigenvalue weighted by Crippen LogP contribution is 2.21. The average Bonchev–Trinajstić information content (AvgIpc) is 2.36. The van der Waals surface area contributed by atoms with Crippen molar-refractivity contribution in [1.29, 1.82) is 0 Å². The van der Waals surface area contributed by atoms with Gasteiger partial charge in [0.2, 0.25) is 0 Å². The van der Waals surface area contributed by atoms with Crippen molar-refractivity contribution in [3.05, 3.63) is 34.6 Å². The SMILES string of the molecule is C#CCCC(Cc1c(F)cccc1Cl)NCCC. The summed E-state index contributed by atoms with van der Waals surface area (Å²) in [5.41, 5.74) is 0.574. The molecule has 1 aromatic carbocycles. The van der Waals surface area contributed by atoms with Crippen molar-refractivity contribution in [1.82, 2.24) is 5.32 Å². The fraction of sp³-hybridized carbons (Fsp3) is 0.467. The largest absolute Gasteiger partial charge is 0.314 e. The van der Waals surface area contributed by atoms with Crippen LogP contribution in [-0.4, -0.2) is 12.6 Å². The first kappa shape index (κ1) is 15.0. The number of hydrogen-bond acceptors (Lipinski definition) is 1. The third-order valence-corrected chi connectivity index (χ3v) is 3.19. The van der Waals surface area contributed by atoms with E-state index in [4.69, 9.17) is 18.0 Å². The Morgan fingerprint density at radius 1 is 1.50 bits per heavy atom. The molecule has 0 aliphatic heterocycles. The van der Waals surface area contributed by atoms with Crippen molar-refractivity contribution in [3.8, 4) is 12.3 Å². The molecule has 1 aromatic rings. The Hall–Kier alpha value is -1.04. The topological polar surface area (TPSA) is 12.0 Å². The summed E-state index contributed by atoms with van der Waals surface area (Å²) in [6.45, 7) is 3.00. The van der Waals surface area contributed by atoms with E-state index in [2.05, 4.69) is 18.2 Å². The van der Waals surface area contributed by atoms with Crippen LogP contribution in [0.2, 0.25) is 5.02 Å². The van der Waals surface area contributed by atoms with Crippen molar-refractivity contribution in [2.45, 2.75) is 38.6 Å². The minimum Gasteiger partial charge on any atom is -0.314 e. The van der Waals surface area contributed by atoms with Gasteiger partial charge >= 0.3 is 0 Å². The van der Waals surface area contributed by atoms with E-state index in [0.29, 0.717) is 23.4 Å². The molecule has 0 fully saturated rings. The molecular weight excluding hydrogens is 249 g/mol. The van der Waals surface area contributed by atoms with E-state index >= 15 is 0 Å². The molecular formula is C15H19ClFN. The Kier molecular flexibility index (Phi) is 6.78. The predicted molar refractivity (Wildman–Crippen MR) is 75.3 cm³/mol. The zero-order chi connectivity index (χ0) is 13.4. The summed E-state index contributed by atoms with van der Waals surface area (Å²) in [6, 6.07) is 4.96. The van der Waals surface area contributed by atoms with Crippen LogP contribution in [0.25, 0.3) is 0 Å². The third kappa shape index (κ3) is 4.68. The molecule has 0 heterocycles. The van der Waals surface area contributed by atoms with E-state index in [1.54, 1.807) is 12.1 Å². The highest BCUT2D eigenvalue weighted by atomic mass is 35.5. The normalized spacial score (nSPS) is 12.1. The van der Waals surface area contributed by atoms with Gasteiger partial charge in [0.25, 0.3) is 0 Å². The summed E-state index contributed by atoms with van der Waals surface area (Å²) < 4.78 is 13.7. The standard InChI is InChI=1S/C15H19ClFN/c1-3-5-7-12(18-10-4-2)11-13-14(16)8-6-9-15(13)17/h1,6,8-9,12,18H,4-5,7,10-11H2,2H3. The molecule has 3 heteroatoms. The summed E-state index contributed by atoms with van der Waals surface area (Å²) in [4.78, 5) is 0. The lowest BCUT2D eigenvalue weighted by atomic mass is 10.0. The third-order valence-electron chi connectivity index (χ3n) is 2.83. The van der Waals surface area contributed by atoms with Crippen LogP contribution in [0.1, 0.15) is 31.7 Å². The molecule has 0 aliphatic rings. The van der Waals surface area contributed by atoms with Crippen molar-refractivity contribution in [2.75, 3.05) is 6.54 Å². The van der Waals surface area contributed by atoms with Gasteiger partial charge in [-0.15, -0.1) is 12.3 Å². The van der Waals surface area contributed by atoms with Crippen LogP contribution >= 0.6 is 11.6 Å². The molecule has 1 N–H and O–H groups in total. The van der Waals surface area contributed by atoms with Gasteiger partial charge in [0, 0.05) is 23.0 Å². The Labute approximate surface area is 114 Å². The van der Waals surface area contributed by atoms with E-state index in [0.717, 1.165) is 19.4 Å². The molecule has 0 aliphatic carbocycles. The van der Waals surface area contributed by atoms with Crippen LogP contribution in [0.5, 0.6) is 0 Å². The number of terminal acetylenes is 1. The minimum atomic E-state index is -0.244. The number of rotatable bonds is 7. The molecule has 18 heavy (non-hydrogen) atoms. The number of hydrogen-bond donors (Lipinski definition) is 1. The van der Waals surface area contributed by atoms with Gasteiger partial charge in [0.05, 0.1) is 0 Å². The van der Waals surface area contributed by atoms with Gasteiger partial charge in [-0.1, -0.05) is 24.6 Å². The first-order chi connectivity index (χ1) is 8.69. The number of nitrogens with one attached hydrogen (secondary N) is 1. The second-order valence-corrected chi connectivity index (χ2v) is 4.71. The molecule has 0 saturated carbocycles. The first-order valence-corrected chi connectivity index (χ1v) is 6.66. The van der Waals surface area contributed by atoms with Crippen molar-refractivity contribution < 1.29 is 4.39 Å². The maximum Gasteiger partial charge on any atom is 0.127 e. The quantitative estimate of drug-likeness (QED) is 0.741. The molecule has 0 saturated heterocycles. The molecule has 1 unspecified atom stereocenters. The van der Waals surface area contributed by atoms with Crippen LogP contribution in [0.3, 0.4) is 0 Å². The Morgan fingerprint density at radius 2 is 2.28 bits per heavy atom. The molecule has 0 spiro atoms. The maximum absolute atomic E-state index is 13.7. The Balaban J connectivity index is 2.72. The van der Waals surface area contributed by atoms with Crippen LogP contribution < -0.4 is 5.32 Å². The number of benzene rings is 1. The van der Waals surface area contributed by atoms with E-state index < -0.39 is 0 Å². The monoisotopic (exact) mass is 267 g/mol. The van der Waals surface area contributed by atoms with Crippen LogP contribution in [0.15, 0.2) is 18.2 Å². The van der Waals surface area contributed by atoms with Gasteiger partial charge in [-0.2, -0.15) is 0 Å². The van der Waals surface area contributed by atoms with E-state index in [-0.39, 0.29) is 11.9 Å².